The van der Waals surface area contributed by atoms with Gasteiger partial charge in [-0.2, -0.15) is 0 Å². The van der Waals surface area contributed by atoms with Crippen molar-refractivity contribution in [2.45, 2.75) is 19.0 Å². The summed E-state index contributed by atoms with van der Waals surface area (Å²) in [6.07, 6.45) is 0. The number of aliphatic carboxylic acids is 1. The molecule has 0 unspecified atom stereocenters. The molecular weight excluding hydrogens is 160 g/mol. The van der Waals surface area contributed by atoms with Gasteiger partial charge in [0.1, 0.15) is 0 Å². The van der Waals surface area contributed by atoms with Crippen molar-refractivity contribution in [3.8, 4) is 0 Å². The van der Waals surface area contributed by atoms with Crippen LogP contribution in [0.25, 0.3) is 0 Å². The fraction of sp³-hybridized carbons (Fsp3) is 0.750. The van der Waals surface area contributed by atoms with Crippen LogP contribution in [0.5, 0.6) is 0 Å². The van der Waals surface area contributed by atoms with E-state index >= 15 is 0 Å². The minimum Gasteiger partial charge on any atom is -0.480 e. The number of hydrogen-bond acceptors (Lipinski definition) is 2. The van der Waals surface area contributed by atoms with Gasteiger partial charge in [0, 0.05) is 0 Å². The van der Waals surface area contributed by atoms with E-state index in [2.05, 4.69) is 0 Å². The lowest BCUT2D eigenvalue weighted by Crippen LogP contribution is -2.30. The van der Waals surface area contributed by atoms with Crippen molar-refractivity contribution in [1.82, 2.24) is 0 Å². The Morgan fingerprint density at radius 2 is 1.70 bits per heavy atom. The number of rotatable bonds is 2. The molecule has 0 rings (SSSR count). The first-order chi connectivity index (χ1) is 4.19. The molecule has 0 bridgehead atoms. The molecule has 10 heavy (non-hydrogen) atoms. The Morgan fingerprint density at radius 1 is 1.40 bits per heavy atom. The lowest BCUT2D eigenvalue weighted by molar-refractivity contribution is -0.139. The van der Waals surface area contributed by atoms with Gasteiger partial charge in [-0.15, -0.1) is 0 Å². The molecule has 0 aromatic carbocycles. The fourth-order valence-electron chi connectivity index (χ4n) is 0.125. The van der Waals surface area contributed by atoms with E-state index in [9.17, 15) is 9.36 Å². The van der Waals surface area contributed by atoms with Gasteiger partial charge in [0.25, 0.3) is 0 Å². The van der Waals surface area contributed by atoms with E-state index in [0.717, 1.165) is 13.8 Å². The molecule has 0 radical (unpaired) electrons. The van der Waals surface area contributed by atoms with Crippen LogP contribution in [-0.2, 0) is 9.36 Å². The first-order valence-corrected chi connectivity index (χ1v) is 4.10. The van der Waals surface area contributed by atoms with Crippen molar-refractivity contribution in [3.05, 3.63) is 0 Å². The highest BCUT2D eigenvalue weighted by Gasteiger charge is 2.44. The van der Waals surface area contributed by atoms with Crippen LogP contribution in [0, 0.1) is 0 Å². The summed E-state index contributed by atoms with van der Waals surface area (Å²) in [6.45, 7) is 1.96. The van der Waals surface area contributed by atoms with Gasteiger partial charge in [0.15, 0.2) is 5.16 Å². The number of carboxylic acids is 1. The maximum Gasteiger partial charge on any atom is 0.342 e. The predicted molar refractivity (Wildman–Crippen MR) is 33.8 cm³/mol. The Bertz CT molecular complexity index is 190. The molecule has 3 N–H and O–H groups in total. The van der Waals surface area contributed by atoms with E-state index < -0.39 is 18.7 Å². The smallest absolute Gasteiger partial charge is 0.342 e. The molecule has 0 spiro atoms. The van der Waals surface area contributed by atoms with E-state index in [1.54, 1.807) is 0 Å². The summed E-state index contributed by atoms with van der Waals surface area (Å²) >= 11 is 0. The first kappa shape index (κ1) is 9.62. The van der Waals surface area contributed by atoms with Crippen LogP contribution < -0.4 is 0 Å². The van der Waals surface area contributed by atoms with E-state index in [0.29, 0.717) is 0 Å². The third-order valence-electron chi connectivity index (χ3n) is 1.25. The van der Waals surface area contributed by atoms with E-state index in [4.69, 9.17) is 14.9 Å². The van der Waals surface area contributed by atoms with Gasteiger partial charge in [-0.05, 0) is 13.8 Å². The van der Waals surface area contributed by atoms with Gasteiger partial charge in [-0.1, -0.05) is 0 Å². The zero-order valence-electron chi connectivity index (χ0n) is 5.61. The fourth-order valence-corrected chi connectivity index (χ4v) is 0.374. The van der Waals surface area contributed by atoms with Crippen molar-refractivity contribution in [2.24, 2.45) is 0 Å². The van der Waals surface area contributed by atoms with Gasteiger partial charge in [-0.25, -0.2) is 0 Å². The van der Waals surface area contributed by atoms with Gasteiger partial charge in [0.2, 0.25) is 0 Å². The van der Waals surface area contributed by atoms with Crippen LogP contribution in [0.3, 0.4) is 0 Å². The Hall–Kier alpha value is -0.380. The first-order valence-electron chi connectivity index (χ1n) is 2.48. The van der Waals surface area contributed by atoms with Crippen molar-refractivity contribution in [2.75, 3.05) is 0 Å². The summed E-state index contributed by atoms with van der Waals surface area (Å²) in [5.74, 6) is -1.50. The molecule has 0 saturated heterocycles. The number of carbonyl (C=O) groups is 1. The Labute approximate surface area is 57.8 Å². The Balaban J connectivity index is 4.75. The second kappa shape index (κ2) is 2.34. The SMILES string of the molecule is CC(C)([13C](=O)O)P(=O)(O)O. The minimum atomic E-state index is -4.52. The molecule has 0 heterocycles. The molecule has 0 aromatic rings. The van der Waals surface area contributed by atoms with Crippen LogP contribution in [0.15, 0.2) is 0 Å². The van der Waals surface area contributed by atoms with E-state index in [1.807, 2.05) is 0 Å². The second-order valence-electron chi connectivity index (χ2n) is 2.41. The molecule has 0 aromatic heterocycles. The summed E-state index contributed by atoms with van der Waals surface area (Å²) in [6, 6.07) is 0. The van der Waals surface area contributed by atoms with E-state index in [1.165, 1.54) is 0 Å². The van der Waals surface area contributed by atoms with Gasteiger partial charge in [0.05, 0.1) is 0 Å². The Morgan fingerprint density at radius 3 is 1.70 bits per heavy atom. The average Bonchev–Trinajstić information content (AvgIpc) is 1.62. The van der Waals surface area contributed by atoms with Gasteiger partial charge in [-0.3, -0.25) is 9.36 Å². The monoisotopic (exact) mass is 169 g/mol. The molecule has 0 atom stereocenters. The summed E-state index contributed by atoms with van der Waals surface area (Å²) in [5.41, 5.74) is 0. The maximum atomic E-state index is 10.4. The summed E-state index contributed by atoms with van der Waals surface area (Å²) in [7, 11) is -4.52. The summed E-state index contributed by atoms with van der Waals surface area (Å²) in [4.78, 5) is 27.1. The van der Waals surface area contributed by atoms with Gasteiger partial charge >= 0.3 is 13.6 Å². The van der Waals surface area contributed by atoms with Gasteiger partial charge < -0.3 is 14.9 Å². The van der Waals surface area contributed by atoms with Crippen LogP contribution in [0.2, 0.25) is 0 Å². The van der Waals surface area contributed by atoms with Crippen molar-refractivity contribution >= 4 is 13.6 Å². The lowest BCUT2D eigenvalue weighted by atomic mass is 10.3. The molecule has 5 nitrogen and oxygen atoms in total. The lowest BCUT2D eigenvalue weighted by Gasteiger charge is -2.19. The third-order valence-corrected chi connectivity index (χ3v) is 2.90. The summed E-state index contributed by atoms with van der Waals surface area (Å²) < 4.78 is 10.4. The second-order valence-corrected chi connectivity index (χ2v) is 4.61. The molecule has 0 amide bonds. The van der Waals surface area contributed by atoms with Crippen molar-refractivity contribution < 1.29 is 24.3 Å². The van der Waals surface area contributed by atoms with Crippen molar-refractivity contribution in [3.63, 3.8) is 0 Å². The number of carboxylic acid groups (broad SMARTS) is 1. The molecule has 0 aliphatic carbocycles. The molecule has 60 valence electrons. The van der Waals surface area contributed by atoms with Crippen LogP contribution in [0.1, 0.15) is 13.8 Å². The standard InChI is InChI=1S/C4H9O5P/c1-4(2,3(5)6)10(7,8)9/h1-2H3,(H,5,6)(H2,7,8,9)/i3+1. The zero-order valence-corrected chi connectivity index (χ0v) is 6.50. The van der Waals surface area contributed by atoms with Crippen LogP contribution in [-0.4, -0.2) is 26.0 Å². The molecule has 0 aliphatic heterocycles. The Kier molecular flexibility index (Phi) is 2.25. The zero-order chi connectivity index (χ0) is 8.58. The minimum absolute atomic E-state index is 0.982. The topological polar surface area (TPSA) is 94.8 Å². The highest BCUT2D eigenvalue weighted by molar-refractivity contribution is 7.54. The quantitative estimate of drug-likeness (QED) is 0.400. The highest BCUT2D eigenvalue weighted by atomic mass is 31.2. The molecule has 0 fully saturated rings. The predicted octanol–water partition coefficient (Wildman–Crippen LogP) is 0.0273. The van der Waals surface area contributed by atoms with Crippen LogP contribution in [0.4, 0.5) is 0 Å². The molecular formula is C4H9O5P. The van der Waals surface area contributed by atoms with Crippen LogP contribution >= 0.6 is 7.60 Å². The normalized spacial score (nSPS) is 13.2. The highest BCUT2D eigenvalue weighted by Crippen LogP contribution is 2.49. The van der Waals surface area contributed by atoms with E-state index in [-0.39, 0.29) is 0 Å². The van der Waals surface area contributed by atoms with Crippen molar-refractivity contribution in [1.29, 1.82) is 0 Å². The third kappa shape index (κ3) is 1.56. The number of hydrogen-bond donors (Lipinski definition) is 3. The average molecular weight is 169 g/mol. The molecule has 0 aliphatic rings. The summed E-state index contributed by atoms with van der Waals surface area (Å²) in [5, 5.41) is 6.31. The molecule has 6 heteroatoms. The maximum absolute atomic E-state index is 10.4. The largest absolute Gasteiger partial charge is 0.480 e. The molecule has 0 saturated carbocycles.